The van der Waals surface area contributed by atoms with Gasteiger partial charge in [-0.25, -0.2) is 4.79 Å². The molecule has 110 valence electrons. The summed E-state index contributed by atoms with van der Waals surface area (Å²) in [6.07, 6.45) is 4.25. The van der Waals surface area contributed by atoms with Crippen molar-refractivity contribution in [3.8, 4) is 5.69 Å². The van der Waals surface area contributed by atoms with Crippen molar-refractivity contribution >= 4 is 15.9 Å². The van der Waals surface area contributed by atoms with Gasteiger partial charge in [-0.2, -0.15) is 4.68 Å². The van der Waals surface area contributed by atoms with Crippen molar-refractivity contribution < 1.29 is 0 Å². The molecular weight excluding hydrogens is 344 g/mol. The summed E-state index contributed by atoms with van der Waals surface area (Å²) < 4.78 is 4.02. The number of aromatic nitrogens is 4. The smallest absolute Gasteiger partial charge is 0.278 e. The van der Waals surface area contributed by atoms with E-state index in [1.165, 1.54) is 10.2 Å². The highest BCUT2D eigenvalue weighted by molar-refractivity contribution is 9.10. The van der Waals surface area contributed by atoms with E-state index < -0.39 is 0 Å². The highest BCUT2D eigenvalue weighted by Gasteiger charge is 2.29. The summed E-state index contributed by atoms with van der Waals surface area (Å²) in [4.78, 5) is 16.7. The first-order chi connectivity index (χ1) is 10.7. The molecular formula is C16H13BrN4O. The number of nitrogens with zero attached hydrogens (tertiary/aromatic N) is 4. The van der Waals surface area contributed by atoms with Gasteiger partial charge in [0.05, 0.1) is 11.9 Å². The Morgan fingerprint density at radius 1 is 1.18 bits per heavy atom. The fraction of sp³-hybridized carbons (Fsp3) is 0.188. The molecule has 0 spiro atoms. The number of benzene rings is 1. The zero-order valence-electron chi connectivity index (χ0n) is 11.7. The molecule has 0 aliphatic carbocycles. The maximum Gasteiger partial charge on any atom is 0.350 e. The molecule has 5 nitrogen and oxygen atoms in total. The van der Waals surface area contributed by atoms with Crippen molar-refractivity contribution in [1.82, 2.24) is 19.3 Å². The minimum atomic E-state index is -0.103. The van der Waals surface area contributed by atoms with E-state index in [-0.39, 0.29) is 11.6 Å². The van der Waals surface area contributed by atoms with E-state index in [9.17, 15) is 4.79 Å². The highest BCUT2D eigenvalue weighted by atomic mass is 79.9. The zero-order valence-corrected chi connectivity index (χ0v) is 13.3. The van der Waals surface area contributed by atoms with Gasteiger partial charge in [-0.05, 0) is 34.0 Å². The van der Waals surface area contributed by atoms with Gasteiger partial charge >= 0.3 is 5.69 Å². The van der Waals surface area contributed by atoms with E-state index in [1.54, 1.807) is 17.0 Å². The van der Waals surface area contributed by atoms with Crippen LogP contribution in [0.2, 0.25) is 0 Å². The predicted molar refractivity (Wildman–Crippen MR) is 86.2 cm³/mol. The highest BCUT2D eigenvalue weighted by Crippen LogP contribution is 2.31. The number of halogens is 1. The van der Waals surface area contributed by atoms with Crippen LogP contribution in [-0.4, -0.2) is 19.3 Å². The molecule has 1 aliphatic heterocycles. The van der Waals surface area contributed by atoms with Gasteiger partial charge in [-0.1, -0.05) is 30.3 Å². The second-order valence-corrected chi connectivity index (χ2v) is 6.23. The monoisotopic (exact) mass is 356 g/mol. The molecule has 0 amide bonds. The molecule has 0 N–H and O–H groups in total. The largest absolute Gasteiger partial charge is 0.350 e. The van der Waals surface area contributed by atoms with Crippen LogP contribution in [0.1, 0.15) is 23.7 Å². The lowest BCUT2D eigenvalue weighted by molar-refractivity contribution is 0.664. The van der Waals surface area contributed by atoms with E-state index in [0.29, 0.717) is 12.2 Å². The maximum atomic E-state index is 12.6. The van der Waals surface area contributed by atoms with Gasteiger partial charge in [0.25, 0.3) is 0 Å². The normalized spacial score (nSPS) is 16.7. The first-order valence-corrected chi connectivity index (χ1v) is 7.89. The minimum Gasteiger partial charge on any atom is -0.278 e. The van der Waals surface area contributed by atoms with Gasteiger partial charge in [0.1, 0.15) is 5.82 Å². The van der Waals surface area contributed by atoms with Crippen LogP contribution >= 0.6 is 15.9 Å². The average molecular weight is 357 g/mol. The van der Waals surface area contributed by atoms with Gasteiger partial charge in [0.2, 0.25) is 0 Å². The van der Waals surface area contributed by atoms with Crippen LogP contribution in [0, 0.1) is 0 Å². The number of fused-ring (bicyclic) bond motifs is 1. The lowest BCUT2D eigenvalue weighted by Gasteiger charge is -2.07. The minimum absolute atomic E-state index is 0.103. The fourth-order valence-corrected chi connectivity index (χ4v) is 3.31. The number of hydrogen-bond donors (Lipinski definition) is 0. The van der Waals surface area contributed by atoms with Crippen LogP contribution < -0.4 is 5.69 Å². The molecule has 4 rings (SSSR count). The summed E-state index contributed by atoms with van der Waals surface area (Å²) in [7, 11) is 0. The third-order valence-corrected chi connectivity index (χ3v) is 4.41. The van der Waals surface area contributed by atoms with Crippen molar-refractivity contribution in [2.24, 2.45) is 0 Å². The Bertz CT molecular complexity index is 885. The van der Waals surface area contributed by atoms with Gasteiger partial charge in [0, 0.05) is 23.1 Å². The predicted octanol–water partition coefficient (Wildman–Crippen LogP) is 2.73. The van der Waals surface area contributed by atoms with E-state index in [0.717, 1.165) is 16.7 Å². The molecule has 22 heavy (non-hydrogen) atoms. The zero-order chi connectivity index (χ0) is 15.1. The Balaban J connectivity index is 1.82. The quantitative estimate of drug-likeness (QED) is 0.709. The van der Waals surface area contributed by atoms with Crippen LogP contribution in [-0.2, 0) is 6.54 Å². The summed E-state index contributed by atoms with van der Waals surface area (Å²) in [5.41, 5.74) is 1.77. The van der Waals surface area contributed by atoms with Gasteiger partial charge in [-0.15, -0.1) is 5.10 Å². The topological polar surface area (TPSA) is 52.7 Å². The van der Waals surface area contributed by atoms with Gasteiger partial charge in [-0.3, -0.25) is 9.55 Å². The number of rotatable bonds is 2. The SMILES string of the molecule is O=c1n(-c2cncc(Br)c2)nc2n1CCC2c1ccccc1. The van der Waals surface area contributed by atoms with Crippen molar-refractivity contribution in [2.45, 2.75) is 18.9 Å². The summed E-state index contributed by atoms with van der Waals surface area (Å²) in [5.74, 6) is 1.01. The molecule has 1 unspecified atom stereocenters. The molecule has 6 heteroatoms. The standard InChI is InChI=1S/C16H13BrN4O/c17-12-8-13(10-18-9-12)21-16(22)20-7-6-14(15(20)19-21)11-4-2-1-3-5-11/h1-5,8-10,14H,6-7H2. The molecule has 2 aromatic heterocycles. The Labute approximate surface area is 135 Å². The second kappa shape index (κ2) is 5.21. The van der Waals surface area contributed by atoms with Crippen molar-refractivity contribution in [3.05, 3.63) is 75.1 Å². The lowest BCUT2D eigenvalue weighted by atomic mass is 9.98. The molecule has 0 radical (unpaired) electrons. The van der Waals surface area contributed by atoms with Crippen LogP contribution in [0.5, 0.6) is 0 Å². The fourth-order valence-electron chi connectivity index (χ4n) is 2.95. The summed E-state index contributed by atoms with van der Waals surface area (Å²) in [6.45, 7) is 0.704. The molecule has 0 saturated carbocycles. The third-order valence-electron chi connectivity index (χ3n) is 3.98. The molecule has 1 aliphatic rings. The summed E-state index contributed by atoms with van der Waals surface area (Å²) in [6, 6.07) is 12.1. The average Bonchev–Trinajstić information content (AvgIpc) is 3.09. The summed E-state index contributed by atoms with van der Waals surface area (Å²) in [5, 5.41) is 4.57. The molecule has 3 aromatic rings. The Kier molecular flexibility index (Phi) is 3.18. The molecule has 0 fully saturated rings. The molecule has 0 bridgehead atoms. The Hall–Kier alpha value is -2.21. The van der Waals surface area contributed by atoms with Crippen LogP contribution in [0.3, 0.4) is 0 Å². The van der Waals surface area contributed by atoms with Gasteiger partial charge < -0.3 is 0 Å². The Morgan fingerprint density at radius 3 is 2.77 bits per heavy atom. The summed E-state index contributed by atoms with van der Waals surface area (Å²) >= 11 is 3.38. The Morgan fingerprint density at radius 2 is 2.00 bits per heavy atom. The van der Waals surface area contributed by atoms with E-state index in [1.807, 2.05) is 24.3 Å². The van der Waals surface area contributed by atoms with Crippen LogP contribution in [0.15, 0.2) is 58.1 Å². The first kappa shape index (κ1) is 13.5. The first-order valence-electron chi connectivity index (χ1n) is 7.09. The molecule has 3 heterocycles. The lowest BCUT2D eigenvalue weighted by Crippen LogP contribution is -2.23. The third kappa shape index (κ3) is 2.11. The number of pyridine rings is 1. The van der Waals surface area contributed by atoms with Crippen LogP contribution in [0.4, 0.5) is 0 Å². The van der Waals surface area contributed by atoms with Gasteiger partial charge in [0.15, 0.2) is 0 Å². The van der Waals surface area contributed by atoms with E-state index >= 15 is 0 Å². The van der Waals surface area contributed by atoms with Crippen molar-refractivity contribution in [2.75, 3.05) is 0 Å². The number of hydrogen-bond acceptors (Lipinski definition) is 3. The van der Waals surface area contributed by atoms with Crippen LogP contribution in [0.25, 0.3) is 5.69 Å². The second-order valence-electron chi connectivity index (χ2n) is 5.32. The molecule has 1 atom stereocenters. The van der Waals surface area contributed by atoms with E-state index in [4.69, 9.17) is 0 Å². The van der Waals surface area contributed by atoms with Crippen molar-refractivity contribution in [3.63, 3.8) is 0 Å². The molecule has 0 saturated heterocycles. The molecule has 1 aromatic carbocycles. The van der Waals surface area contributed by atoms with E-state index in [2.05, 4.69) is 38.1 Å². The maximum absolute atomic E-state index is 12.6. The van der Waals surface area contributed by atoms with Crippen molar-refractivity contribution in [1.29, 1.82) is 0 Å².